The predicted molar refractivity (Wildman–Crippen MR) is 94.3 cm³/mol. The lowest BCUT2D eigenvalue weighted by Gasteiger charge is -2.02. The van der Waals surface area contributed by atoms with Gasteiger partial charge in [0.2, 0.25) is 0 Å². The molecule has 25 heavy (non-hydrogen) atoms. The van der Waals surface area contributed by atoms with Crippen LogP contribution in [0.4, 0.5) is 5.82 Å². The van der Waals surface area contributed by atoms with Gasteiger partial charge in [0.1, 0.15) is 35.0 Å². The van der Waals surface area contributed by atoms with Crippen LogP contribution in [0.2, 0.25) is 0 Å². The van der Waals surface area contributed by atoms with Gasteiger partial charge in [-0.05, 0) is 24.3 Å². The second-order valence-corrected chi connectivity index (χ2v) is 5.20. The van der Waals surface area contributed by atoms with Crippen molar-refractivity contribution >= 4 is 17.5 Å². The molecule has 3 N–H and O–H groups in total. The number of para-hydroxylation sites is 2. The van der Waals surface area contributed by atoms with Gasteiger partial charge in [0, 0.05) is 5.56 Å². The standard InChI is InChI=1S/C19H13N5O/c20-11-14(10-13-6-4-5-9-17(13)25)18-16(12-21)19(22)24(23-18)15-7-2-1-3-8-15/h1-10,25H,22H2/b14-10+. The SMILES string of the molecule is N#C/C(=C\c1ccccc1O)c1nn(-c2ccccc2)c(N)c1C#N. The highest BCUT2D eigenvalue weighted by atomic mass is 16.3. The Balaban J connectivity index is 2.18. The van der Waals surface area contributed by atoms with E-state index in [0.29, 0.717) is 11.3 Å². The molecule has 0 spiro atoms. The summed E-state index contributed by atoms with van der Waals surface area (Å²) in [5.74, 6) is 0.186. The van der Waals surface area contributed by atoms with Gasteiger partial charge in [0.25, 0.3) is 0 Å². The van der Waals surface area contributed by atoms with Gasteiger partial charge < -0.3 is 10.8 Å². The minimum atomic E-state index is 0.0317. The molecule has 1 aromatic heterocycles. The highest BCUT2D eigenvalue weighted by molar-refractivity contribution is 5.92. The zero-order chi connectivity index (χ0) is 17.8. The average Bonchev–Trinajstić information content (AvgIpc) is 2.98. The van der Waals surface area contributed by atoms with E-state index in [2.05, 4.69) is 5.10 Å². The maximum Gasteiger partial charge on any atom is 0.145 e. The number of aromatic nitrogens is 2. The number of allylic oxidation sites excluding steroid dienone is 1. The topological polar surface area (TPSA) is 112 Å². The van der Waals surface area contributed by atoms with Crippen molar-refractivity contribution in [2.24, 2.45) is 0 Å². The number of hydrogen-bond donors (Lipinski definition) is 2. The maximum absolute atomic E-state index is 9.90. The number of phenolic OH excluding ortho intramolecular Hbond substituents is 1. The van der Waals surface area contributed by atoms with E-state index in [1.54, 1.807) is 30.3 Å². The van der Waals surface area contributed by atoms with Gasteiger partial charge >= 0.3 is 0 Å². The number of rotatable bonds is 3. The summed E-state index contributed by atoms with van der Waals surface area (Å²) in [5.41, 5.74) is 7.62. The van der Waals surface area contributed by atoms with E-state index in [9.17, 15) is 15.6 Å². The molecule has 0 atom stereocenters. The quantitative estimate of drug-likeness (QED) is 0.718. The van der Waals surface area contributed by atoms with Crippen molar-refractivity contribution in [1.82, 2.24) is 9.78 Å². The van der Waals surface area contributed by atoms with Crippen LogP contribution in [0.25, 0.3) is 17.3 Å². The number of aromatic hydroxyl groups is 1. The van der Waals surface area contributed by atoms with Crippen LogP contribution in [0.1, 0.15) is 16.8 Å². The molecule has 3 rings (SSSR count). The Morgan fingerprint density at radius 3 is 2.40 bits per heavy atom. The first-order valence-electron chi connectivity index (χ1n) is 7.40. The average molecular weight is 327 g/mol. The Kier molecular flexibility index (Phi) is 4.19. The van der Waals surface area contributed by atoms with E-state index < -0.39 is 0 Å². The van der Waals surface area contributed by atoms with Crippen LogP contribution in [0.5, 0.6) is 5.75 Å². The van der Waals surface area contributed by atoms with Gasteiger partial charge in [0.05, 0.1) is 11.3 Å². The van der Waals surface area contributed by atoms with E-state index in [0.717, 1.165) is 0 Å². The number of nitrogen functional groups attached to an aromatic ring is 1. The number of anilines is 1. The highest BCUT2D eigenvalue weighted by Crippen LogP contribution is 2.28. The predicted octanol–water partition coefficient (Wildman–Crippen LogP) is 3.10. The largest absolute Gasteiger partial charge is 0.507 e. The first-order valence-corrected chi connectivity index (χ1v) is 7.40. The van der Waals surface area contributed by atoms with Crippen LogP contribution in [0.15, 0.2) is 54.6 Å². The summed E-state index contributed by atoms with van der Waals surface area (Å²) in [6.07, 6.45) is 1.48. The van der Waals surface area contributed by atoms with Crippen LogP contribution in [-0.4, -0.2) is 14.9 Å². The fourth-order valence-corrected chi connectivity index (χ4v) is 2.41. The molecule has 0 saturated heterocycles. The van der Waals surface area contributed by atoms with Crippen molar-refractivity contribution in [3.63, 3.8) is 0 Å². The van der Waals surface area contributed by atoms with E-state index in [1.807, 2.05) is 30.3 Å². The first kappa shape index (κ1) is 15.9. The summed E-state index contributed by atoms with van der Waals surface area (Å²) in [4.78, 5) is 0. The first-order chi connectivity index (χ1) is 12.2. The van der Waals surface area contributed by atoms with E-state index in [-0.39, 0.29) is 28.4 Å². The lowest BCUT2D eigenvalue weighted by atomic mass is 10.1. The number of hydrogen-bond acceptors (Lipinski definition) is 5. The number of nitrogens with zero attached hydrogens (tertiary/aromatic N) is 4. The van der Waals surface area contributed by atoms with E-state index >= 15 is 0 Å². The van der Waals surface area contributed by atoms with Gasteiger partial charge in [-0.2, -0.15) is 15.6 Å². The summed E-state index contributed by atoms with van der Waals surface area (Å²) in [5, 5.41) is 33.2. The molecule has 0 unspecified atom stereocenters. The van der Waals surface area contributed by atoms with Gasteiger partial charge in [-0.3, -0.25) is 0 Å². The molecule has 0 amide bonds. The second-order valence-electron chi connectivity index (χ2n) is 5.20. The zero-order valence-electron chi connectivity index (χ0n) is 13.1. The van der Waals surface area contributed by atoms with Crippen LogP contribution in [0.3, 0.4) is 0 Å². The number of benzene rings is 2. The molecular formula is C19H13N5O. The Morgan fingerprint density at radius 1 is 1.08 bits per heavy atom. The molecule has 6 heteroatoms. The Morgan fingerprint density at radius 2 is 1.76 bits per heavy atom. The van der Waals surface area contributed by atoms with Gasteiger partial charge in [-0.15, -0.1) is 0 Å². The summed E-state index contributed by atoms with van der Waals surface area (Å²) in [6.45, 7) is 0. The summed E-state index contributed by atoms with van der Waals surface area (Å²) < 4.78 is 1.42. The molecule has 0 saturated carbocycles. The molecule has 2 aromatic carbocycles. The molecule has 120 valence electrons. The molecule has 0 fully saturated rings. The van der Waals surface area contributed by atoms with Gasteiger partial charge in [-0.1, -0.05) is 36.4 Å². The van der Waals surface area contributed by atoms with Crippen molar-refractivity contribution in [1.29, 1.82) is 10.5 Å². The highest BCUT2D eigenvalue weighted by Gasteiger charge is 2.20. The third-order valence-corrected chi connectivity index (χ3v) is 3.65. The smallest absolute Gasteiger partial charge is 0.145 e. The maximum atomic E-state index is 9.90. The molecule has 0 aliphatic heterocycles. The second kappa shape index (κ2) is 6.61. The summed E-state index contributed by atoms with van der Waals surface area (Å²) in [6, 6.07) is 19.7. The molecular weight excluding hydrogens is 314 g/mol. The number of nitrogens with two attached hydrogens (primary N) is 1. The van der Waals surface area contributed by atoms with E-state index in [4.69, 9.17) is 5.73 Å². The van der Waals surface area contributed by atoms with Crippen molar-refractivity contribution in [3.05, 3.63) is 71.4 Å². The van der Waals surface area contributed by atoms with Crippen LogP contribution >= 0.6 is 0 Å². The Hall–Kier alpha value is -4.03. The Labute approximate surface area is 144 Å². The van der Waals surface area contributed by atoms with Crippen molar-refractivity contribution in [2.45, 2.75) is 0 Å². The normalized spacial score (nSPS) is 10.9. The third-order valence-electron chi connectivity index (χ3n) is 3.65. The van der Waals surface area contributed by atoms with Crippen LogP contribution in [0, 0.1) is 22.7 Å². The number of nitriles is 2. The molecule has 3 aromatic rings. The van der Waals surface area contributed by atoms with Gasteiger partial charge in [0.15, 0.2) is 0 Å². The fraction of sp³-hybridized carbons (Fsp3) is 0. The lowest BCUT2D eigenvalue weighted by molar-refractivity contribution is 0.474. The molecule has 0 aliphatic carbocycles. The minimum absolute atomic E-state index is 0.0317. The van der Waals surface area contributed by atoms with Crippen molar-refractivity contribution < 1.29 is 5.11 Å². The fourth-order valence-electron chi connectivity index (χ4n) is 2.41. The van der Waals surface area contributed by atoms with Crippen molar-refractivity contribution in [3.8, 4) is 23.6 Å². The minimum Gasteiger partial charge on any atom is -0.507 e. The molecule has 0 bridgehead atoms. The summed E-state index contributed by atoms with van der Waals surface area (Å²) in [7, 11) is 0. The van der Waals surface area contributed by atoms with Gasteiger partial charge in [-0.25, -0.2) is 4.68 Å². The molecule has 1 heterocycles. The molecule has 0 radical (unpaired) electrons. The van der Waals surface area contributed by atoms with E-state index in [1.165, 1.54) is 16.8 Å². The number of phenols is 1. The van der Waals surface area contributed by atoms with Crippen LogP contribution in [-0.2, 0) is 0 Å². The summed E-state index contributed by atoms with van der Waals surface area (Å²) >= 11 is 0. The Bertz CT molecular complexity index is 1040. The molecule has 0 aliphatic rings. The monoisotopic (exact) mass is 327 g/mol. The zero-order valence-corrected chi connectivity index (χ0v) is 13.1. The lowest BCUT2D eigenvalue weighted by Crippen LogP contribution is -2.02. The molecule has 6 nitrogen and oxygen atoms in total. The van der Waals surface area contributed by atoms with Crippen molar-refractivity contribution in [2.75, 3.05) is 5.73 Å². The third kappa shape index (κ3) is 2.92. The van der Waals surface area contributed by atoms with Crippen LogP contribution < -0.4 is 5.73 Å².